The second-order valence-corrected chi connectivity index (χ2v) is 5.04. The molecule has 112 valence electrons. The van der Waals surface area contributed by atoms with Gasteiger partial charge in [0.25, 0.3) is 0 Å². The minimum absolute atomic E-state index is 0.0459. The number of urea groups is 1. The Balaban J connectivity index is 1.57. The minimum Gasteiger partial charge on any atom is -0.469 e. The first-order valence-electron chi connectivity index (χ1n) is 7.11. The Kier molecular flexibility index (Phi) is 5.88. The van der Waals surface area contributed by atoms with Crippen LogP contribution in [0.25, 0.3) is 0 Å². The van der Waals surface area contributed by atoms with Gasteiger partial charge in [-0.3, -0.25) is 4.90 Å². The molecule has 20 heavy (non-hydrogen) atoms. The van der Waals surface area contributed by atoms with Crippen LogP contribution in [0.4, 0.5) is 4.79 Å². The van der Waals surface area contributed by atoms with Crippen molar-refractivity contribution in [2.45, 2.75) is 19.4 Å². The smallest absolute Gasteiger partial charge is 0.315 e. The lowest BCUT2D eigenvalue weighted by Gasteiger charge is -2.26. The summed E-state index contributed by atoms with van der Waals surface area (Å²) in [4.78, 5) is 14.0. The van der Waals surface area contributed by atoms with Crippen molar-refractivity contribution < 1.29 is 13.9 Å². The van der Waals surface area contributed by atoms with Crippen molar-refractivity contribution in [2.24, 2.45) is 0 Å². The zero-order valence-electron chi connectivity index (χ0n) is 11.9. The third-order valence-corrected chi connectivity index (χ3v) is 3.28. The van der Waals surface area contributed by atoms with Crippen LogP contribution in [0.5, 0.6) is 0 Å². The molecule has 0 spiro atoms. The van der Waals surface area contributed by atoms with Crippen LogP contribution in [0, 0.1) is 0 Å². The van der Waals surface area contributed by atoms with E-state index in [0.29, 0.717) is 13.0 Å². The number of furan rings is 1. The van der Waals surface area contributed by atoms with Crippen LogP contribution in [-0.2, 0) is 11.2 Å². The molecule has 2 rings (SSSR count). The van der Waals surface area contributed by atoms with E-state index in [-0.39, 0.29) is 12.1 Å². The van der Waals surface area contributed by atoms with Crippen molar-refractivity contribution in [2.75, 3.05) is 39.4 Å². The molecular formula is C14H23N3O3. The maximum absolute atomic E-state index is 11.7. The number of nitrogens with one attached hydrogen (secondary N) is 2. The minimum atomic E-state index is -0.127. The van der Waals surface area contributed by atoms with Crippen LogP contribution in [0.2, 0.25) is 0 Å². The van der Waals surface area contributed by atoms with Gasteiger partial charge in [0.05, 0.1) is 19.5 Å². The number of amides is 2. The number of carbonyl (C=O) groups excluding carboxylic acids is 1. The zero-order valence-corrected chi connectivity index (χ0v) is 11.9. The molecule has 0 aromatic carbocycles. The highest BCUT2D eigenvalue weighted by Crippen LogP contribution is 2.03. The predicted octanol–water partition coefficient (Wildman–Crippen LogP) is 0.842. The Morgan fingerprint density at radius 1 is 1.45 bits per heavy atom. The SMILES string of the molecule is C[C@@H](Cc1ccco1)NC(=O)NCCN1CCOCC1. The fourth-order valence-corrected chi connectivity index (χ4v) is 2.21. The molecule has 2 N–H and O–H groups in total. The maximum Gasteiger partial charge on any atom is 0.315 e. The lowest BCUT2D eigenvalue weighted by atomic mass is 10.2. The normalized spacial score (nSPS) is 17.6. The summed E-state index contributed by atoms with van der Waals surface area (Å²) >= 11 is 0. The van der Waals surface area contributed by atoms with Crippen LogP contribution < -0.4 is 10.6 Å². The molecule has 1 fully saturated rings. The van der Waals surface area contributed by atoms with Crippen LogP contribution in [-0.4, -0.2) is 56.4 Å². The van der Waals surface area contributed by atoms with Gasteiger partial charge in [0, 0.05) is 38.6 Å². The molecule has 2 heterocycles. The standard InChI is InChI=1S/C14H23N3O3/c1-12(11-13-3-2-8-20-13)16-14(18)15-4-5-17-6-9-19-10-7-17/h2-3,8,12H,4-7,9-11H2,1H3,(H2,15,16,18)/t12-/m0/s1. The van der Waals surface area contributed by atoms with Crippen LogP contribution >= 0.6 is 0 Å². The van der Waals surface area contributed by atoms with E-state index in [1.54, 1.807) is 6.26 Å². The van der Waals surface area contributed by atoms with Gasteiger partial charge in [-0.15, -0.1) is 0 Å². The summed E-state index contributed by atoms with van der Waals surface area (Å²) in [5, 5.41) is 5.78. The highest BCUT2D eigenvalue weighted by molar-refractivity contribution is 5.74. The van der Waals surface area contributed by atoms with Gasteiger partial charge in [-0.25, -0.2) is 4.79 Å². The molecule has 1 aromatic rings. The average Bonchev–Trinajstić information content (AvgIpc) is 2.92. The number of carbonyl (C=O) groups is 1. The van der Waals surface area contributed by atoms with Crippen LogP contribution in [0.3, 0.4) is 0 Å². The molecule has 1 saturated heterocycles. The van der Waals surface area contributed by atoms with E-state index in [9.17, 15) is 4.79 Å². The number of hydrogen-bond acceptors (Lipinski definition) is 4. The Bertz CT molecular complexity index is 388. The molecule has 6 heteroatoms. The van der Waals surface area contributed by atoms with E-state index >= 15 is 0 Å². The second-order valence-electron chi connectivity index (χ2n) is 5.04. The highest BCUT2D eigenvalue weighted by atomic mass is 16.5. The fourth-order valence-electron chi connectivity index (χ4n) is 2.21. The summed E-state index contributed by atoms with van der Waals surface area (Å²) < 4.78 is 10.5. The lowest BCUT2D eigenvalue weighted by molar-refractivity contribution is 0.0387. The molecule has 6 nitrogen and oxygen atoms in total. The number of rotatable bonds is 6. The number of ether oxygens (including phenoxy) is 1. The summed E-state index contributed by atoms with van der Waals surface area (Å²) in [5.74, 6) is 0.881. The van der Waals surface area contributed by atoms with Crippen LogP contribution in [0.15, 0.2) is 22.8 Å². The molecule has 0 aliphatic carbocycles. The van der Waals surface area contributed by atoms with Gasteiger partial charge in [-0.05, 0) is 19.1 Å². The molecule has 1 aliphatic rings. The van der Waals surface area contributed by atoms with Crippen molar-refractivity contribution in [3.05, 3.63) is 24.2 Å². The molecule has 1 aromatic heterocycles. The number of hydrogen-bond donors (Lipinski definition) is 2. The van der Waals surface area contributed by atoms with Crippen LogP contribution in [0.1, 0.15) is 12.7 Å². The second kappa shape index (κ2) is 7.91. The van der Waals surface area contributed by atoms with Gasteiger partial charge in [0.1, 0.15) is 5.76 Å². The average molecular weight is 281 g/mol. The summed E-state index contributed by atoms with van der Waals surface area (Å²) in [6.07, 6.45) is 2.34. The monoisotopic (exact) mass is 281 g/mol. The van der Waals surface area contributed by atoms with Crippen molar-refractivity contribution in [1.29, 1.82) is 0 Å². The van der Waals surface area contributed by atoms with Gasteiger partial charge in [0.2, 0.25) is 0 Å². The molecule has 1 atom stereocenters. The molecule has 1 aliphatic heterocycles. The molecule has 0 saturated carbocycles. The molecule has 0 radical (unpaired) electrons. The highest BCUT2D eigenvalue weighted by Gasteiger charge is 2.11. The Hall–Kier alpha value is -1.53. The fraction of sp³-hybridized carbons (Fsp3) is 0.643. The predicted molar refractivity (Wildman–Crippen MR) is 75.7 cm³/mol. The van der Waals surface area contributed by atoms with E-state index in [0.717, 1.165) is 38.6 Å². The Morgan fingerprint density at radius 3 is 2.95 bits per heavy atom. The van der Waals surface area contributed by atoms with Gasteiger partial charge >= 0.3 is 6.03 Å². The first kappa shape index (κ1) is 14.9. The maximum atomic E-state index is 11.7. The first-order chi connectivity index (χ1) is 9.74. The molecule has 2 amide bonds. The van der Waals surface area contributed by atoms with E-state index in [1.807, 2.05) is 19.1 Å². The summed E-state index contributed by atoms with van der Waals surface area (Å²) in [5.41, 5.74) is 0. The van der Waals surface area contributed by atoms with E-state index in [1.165, 1.54) is 0 Å². The largest absolute Gasteiger partial charge is 0.469 e. The van der Waals surface area contributed by atoms with Gasteiger partial charge in [-0.1, -0.05) is 0 Å². The van der Waals surface area contributed by atoms with Gasteiger partial charge in [-0.2, -0.15) is 0 Å². The van der Waals surface area contributed by atoms with Gasteiger partial charge in [0.15, 0.2) is 0 Å². The van der Waals surface area contributed by atoms with Crippen molar-refractivity contribution in [3.8, 4) is 0 Å². The van der Waals surface area contributed by atoms with Crippen molar-refractivity contribution >= 4 is 6.03 Å². The number of morpholine rings is 1. The topological polar surface area (TPSA) is 66.7 Å². The summed E-state index contributed by atoms with van der Waals surface area (Å²) in [6.45, 7) is 6.93. The van der Waals surface area contributed by atoms with Crippen molar-refractivity contribution in [3.63, 3.8) is 0 Å². The Labute approximate surface area is 119 Å². The summed E-state index contributed by atoms with van der Waals surface area (Å²) in [7, 11) is 0. The van der Waals surface area contributed by atoms with Gasteiger partial charge < -0.3 is 19.8 Å². The van der Waals surface area contributed by atoms with E-state index in [4.69, 9.17) is 9.15 Å². The lowest BCUT2D eigenvalue weighted by Crippen LogP contribution is -2.46. The first-order valence-corrected chi connectivity index (χ1v) is 7.11. The third kappa shape index (κ3) is 5.22. The van der Waals surface area contributed by atoms with Crippen molar-refractivity contribution in [1.82, 2.24) is 15.5 Å². The zero-order chi connectivity index (χ0) is 14.2. The molecular weight excluding hydrogens is 258 g/mol. The quantitative estimate of drug-likeness (QED) is 0.811. The van der Waals surface area contributed by atoms with E-state index in [2.05, 4.69) is 15.5 Å². The third-order valence-electron chi connectivity index (χ3n) is 3.28. The molecule has 0 unspecified atom stereocenters. The van der Waals surface area contributed by atoms with E-state index < -0.39 is 0 Å². The summed E-state index contributed by atoms with van der Waals surface area (Å²) in [6, 6.07) is 3.68. The Morgan fingerprint density at radius 2 is 2.25 bits per heavy atom. The number of nitrogens with zero attached hydrogens (tertiary/aromatic N) is 1. The molecule has 0 bridgehead atoms.